The molecular weight excluding hydrogens is 342 g/mol. The molecule has 3 aromatic rings. The SMILES string of the molecule is O=C(OC[C@@H]1CCCCN1c1cnccn1)c1ccc(-n2cccn2)cc1. The number of piperidine rings is 1. The number of benzene rings is 1. The second kappa shape index (κ2) is 7.99. The van der Waals surface area contributed by atoms with E-state index in [1.165, 1.54) is 0 Å². The van der Waals surface area contributed by atoms with Crippen LogP contribution in [0.4, 0.5) is 5.82 Å². The molecule has 4 rings (SSSR count). The Labute approximate surface area is 157 Å². The van der Waals surface area contributed by atoms with Gasteiger partial charge in [-0.15, -0.1) is 0 Å². The summed E-state index contributed by atoms with van der Waals surface area (Å²) in [6.07, 6.45) is 11.9. The average Bonchev–Trinajstić information content (AvgIpc) is 3.28. The van der Waals surface area contributed by atoms with Gasteiger partial charge in [-0.05, 0) is 49.6 Å². The van der Waals surface area contributed by atoms with Crippen LogP contribution >= 0.6 is 0 Å². The number of ether oxygens (including phenoxy) is 1. The first-order valence-electron chi connectivity index (χ1n) is 9.11. The molecule has 2 aromatic heterocycles. The first kappa shape index (κ1) is 17.2. The molecule has 138 valence electrons. The molecule has 0 N–H and O–H groups in total. The molecule has 27 heavy (non-hydrogen) atoms. The lowest BCUT2D eigenvalue weighted by Crippen LogP contribution is -2.43. The van der Waals surface area contributed by atoms with Crippen molar-refractivity contribution in [2.45, 2.75) is 25.3 Å². The van der Waals surface area contributed by atoms with Crippen molar-refractivity contribution >= 4 is 11.8 Å². The van der Waals surface area contributed by atoms with E-state index in [0.29, 0.717) is 12.2 Å². The Morgan fingerprint density at radius 3 is 2.78 bits per heavy atom. The molecule has 7 nitrogen and oxygen atoms in total. The van der Waals surface area contributed by atoms with Crippen molar-refractivity contribution < 1.29 is 9.53 Å². The van der Waals surface area contributed by atoms with Crippen LogP contribution in [0.1, 0.15) is 29.6 Å². The van der Waals surface area contributed by atoms with E-state index in [2.05, 4.69) is 20.0 Å². The normalized spacial score (nSPS) is 16.9. The summed E-state index contributed by atoms with van der Waals surface area (Å²) in [6, 6.07) is 9.23. The van der Waals surface area contributed by atoms with Gasteiger partial charge in [-0.3, -0.25) is 4.98 Å². The monoisotopic (exact) mass is 363 g/mol. The maximum Gasteiger partial charge on any atom is 0.338 e. The van der Waals surface area contributed by atoms with Gasteiger partial charge in [0, 0.05) is 31.3 Å². The molecule has 1 aromatic carbocycles. The van der Waals surface area contributed by atoms with Crippen molar-refractivity contribution in [2.75, 3.05) is 18.1 Å². The lowest BCUT2D eigenvalue weighted by atomic mass is 10.0. The van der Waals surface area contributed by atoms with Crippen molar-refractivity contribution in [1.29, 1.82) is 0 Å². The molecule has 0 amide bonds. The zero-order valence-electron chi connectivity index (χ0n) is 14.9. The molecule has 0 spiro atoms. The van der Waals surface area contributed by atoms with Gasteiger partial charge in [0.1, 0.15) is 12.4 Å². The quantitative estimate of drug-likeness (QED) is 0.649. The highest BCUT2D eigenvalue weighted by Gasteiger charge is 2.25. The van der Waals surface area contributed by atoms with Crippen molar-refractivity contribution in [3.8, 4) is 5.69 Å². The highest BCUT2D eigenvalue weighted by Crippen LogP contribution is 2.23. The maximum absolute atomic E-state index is 12.4. The molecule has 0 saturated carbocycles. The molecular formula is C20H21N5O2. The number of hydrogen-bond acceptors (Lipinski definition) is 6. The van der Waals surface area contributed by atoms with Crippen molar-refractivity contribution in [3.63, 3.8) is 0 Å². The number of nitrogens with zero attached hydrogens (tertiary/aromatic N) is 5. The number of aromatic nitrogens is 4. The molecule has 0 unspecified atom stereocenters. The summed E-state index contributed by atoms with van der Waals surface area (Å²) in [6.45, 7) is 1.25. The van der Waals surface area contributed by atoms with Gasteiger partial charge in [-0.2, -0.15) is 5.10 Å². The molecule has 0 aliphatic carbocycles. The molecule has 1 aliphatic rings. The maximum atomic E-state index is 12.4. The molecule has 1 saturated heterocycles. The fourth-order valence-corrected chi connectivity index (χ4v) is 3.34. The van der Waals surface area contributed by atoms with Gasteiger partial charge in [0.05, 0.1) is 23.5 Å². The largest absolute Gasteiger partial charge is 0.460 e. The summed E-state index contributed by atoms with van der Waals surface area (Å²) in [7, 11) is 0. The Balaban J connectivity index is 1.39. The molecule has 3 heterocycles. The van der Waals surface area contributed by atoms with Crippen LogP contribution in [0.15, 0.2) is 61.3 Å². The number of carbonyl (C=O) groups is 1. The van der Waals surface area contributed by atoms with Crippen LogP contribution in [0, 0.1) is 0 Å². The smallest absolute Gasteiger partial charge is 0.338 e. The third-order valence-corrected chi connectivity index (χ3v) is 4.75. The first-order chi connectivity index (χ1) is 13.3. The van der Waals surface area contributed by atoms with Crippen molar-refractivity contribution in [2.24, 2.45) is 0 Å². The molecule has 0 bridgehead atoms. The van der Waals surface area contributed by atoms with Crippen LogP contribution in [0.5, 0.6) is 0 Å². The fourth-order valence-electron chi connectivity index (χ4n) is 3.34. The molecule has 7 heteroatoms. The summed E-state index contributed by atoms with van der Waals surface area (Å²) in [4.78, 5) is 23.2. The minimum absolute atomic E-state index is 0.128. The van der Waals surface area contributed by atoms with Crippen LogP contribution in [0.25, 0.3) is 5.69 Å². The minimum Gasteiger partial charge on any atom is -0.460 e. The van der Waals surface area contributed by atoms with Crippen LogP contribution in [-0.2, 0) is 4.74 Å². The van der Waals surface area contributed by atoms with E-state index < -0.39 is 0 Å². The first-order valence-corrected chi connectivity index (χ1v) is 9.11. The number of carbonyl (C=O) groups excluding carboxylic acids is 1. The topological polar surface area (TPSA) is 73.1 Å². The highest BCUT2D eigenvalue weighted by atomic mass is 16.5. The second-order valence-electron chi connectivity index (χ2n) is 6.50. The second-order valence-corrected chi connectivity index (χ2v) is 6.50. The Morgan fingerprint density at radius 1 is 1.15 bits per heavy atom. The van der Waals surface area contributed by atoms with Gasteiger partial charge in [-0.1, -0.05) is 0 Å². The van der Waals surface area contributed by atoms with Gasteiger partial charge in [0.2, 0.25) is 0 Å². The third-order valence-electron chi connectivity index (χ3n) is 4.75. The van der Waals surface area contributed by atoms with Gasteiger partial charge in [0.15, 0.2) is 0 Å². The Bertz CT molecular complexity index is 865. The average molecular weight is 363 g/mol. The zero-order valence-corrected chi connectivity index (χ0v) is 14.9. The van der Waals surface area contributed by atoms with E-state index in [0.717, 1.165) is 37.3 Å². The number of hydrogen-bond donors (Lipinski definition) is 0. The van der Waals surface area contributed by atoms with Gasteiger partial charge < -0.3 is 9.64 Å². The molecule has 1 aliphatic heterocycles. The Morgan fingerprint density at radius 2 is 2.04 bits per heavy atom. The summed E-state index contributed by atoms with van der Waals surface area (Å²) in [5.41, 5.74) is 1.44. The van der Waals surface area contributed by atoms with Gasteiger partial charge in [-0.25, -0.2) is 14.5 Å². The predicted octanol–water partition coefficient (Wildman–Crippen LogP) is 2.88. The summed E-state index contributed by atoms with van der Waals surface area (Å²) < 4.78 is 7.34. The highest BCUT2D eigenvalue weighted by molar-refractivity contribution is 5.89. The fraction of sp³-hybridized carbons (Fsp3) is 0.300. The van der Waals surface area contributed by atoms with E-state index in [1.807, 2.05) is 24.4 Å². The van der Waals surface area contributed by atoms with Crippen molar-refractivity contribution in [1.82, 2.24) is 19.7 Å². The number of rotatable bonds is 5. The lowest BCUT2D eigenvalue weighted by molar-refractivity contribution is 0.0467. The lowest BCUT2D eigenvalue weighted by Gasteiger charge is -2.35. The van der Waals surface area contributed by atoms with E-state index in [9.17, 15) is 4.79 Å². The Kier molecular flexibility index (Phi) is 5.09. The molecule has 1 fully saturated rings. The van der Waals surface area contributed by atoms with Crippen LogP contribution < -0.4 is 4.90 Å². The zero-order chi connectivity index (χ0) is 18.5. The van der Waals surface area contributed by atoms with Crippen molar-refractivity contribution in [3.05, 3.63) is 66.9 Å². The predicted molar refractivity (Wildman–Crippen MR) is 101 cm³/mol. The number of anilines is 1. The minimum atomic E-state index is -0.313. The van der Waals surface area contributed by atoms with Crippen LogP contribution in [0.2, 0.25) is 0 Å². The third kappa shape index (κ3) is 3.97. The van der Waals surface area contributed by atoms with Crippen LogP contribution in [-0.4, -0.2) is 44.9 Å². The van der Waals surface area contributed by atoms with Gasteiger partial charge >= 0.3 is 5.97 Å². The standard InChI is InChI=1S/C20H21N5O2/c26-20(16-5-7-17(8-6-16)25-13-3-9-23-25)27-15-18-4-1-2-12-24(18)19-14-21-10-11-22-19/h3,5-11,13-14,18H,1-2,4,12,15H2/t18-/m0/s1. The van der Waals surface area contributed by atoms with Crippen LogP contribution in [0.3, 0.4) is 0 Å². The van der Waals surface area contributed by atoms with E-state index in [4.69, 9.17) is 4.74 Å². The van der Waals surface area contributed by atoms with Gasteiger partial charge in [0.25, 0.3) is 0 Å². The number of esters is 1. The summed E-state index contributed by atoms with van der Waals surface area (Å²) in [5, 5.41) is 4.18. The van der Waals surface area contributed by atoms with E-state index >= 15 is 0 Å². The molecule has 1 atom stereocenters. The van der Waals surface area contributed by atoms with E-state index in [-0.39, 0.29) is 12.0 Å². The summed E-state index contributed by atoms with van der Waals surface area (Å²) in [5.74, 6) is 0.522. The molecule has 0 radical (unpaired) electrons. The summed E-state index contributed by atoms with van der Waals surface area (Å²) >= 11 is 0. The van der Waals surface area contributed by atoms with E-state index in [1.54, 1.807) is 41.6 Å². The Hall–Kier alpha value is -3.22.